The molecule has 0 bridgehead atoms. The van der Waals surface area contributed by atoms with Crippen LogP contribution >= 0.6 is 0 Å². The fraction of sp³-hybridized carbons (Fsp3) is 0.333. The van der Waals surface area contributed by atoms with Crippen LogP contribution in [0.1, 0.15) is 15.9 Å². The summed E-state index contributed by atoms with van der Waals surface area (Å²) in [5, 5.41) is 0. The van der Waals surface area contributed by atoms with Crippen molar-refractivity contribution >= 4 is 11.8 Å². The number of rotatable bonds is 6. The van der Waals surface area contributed by atoms with Crippen LogP contribution in [0.4, 0.5) is 0 Å². The lowest BCUT2D eigenvalue weighted by molar-refractivity contribution is -0.141. The van der Waals surface area contributed by atoms with Crippen molar-refractivity contribution in [3.8, 4) is 23.0 Å². The van der Waals surface area contributed by atoms with E-state index in [2.05, 4.69) is 0 Å². The van der Waals surface area contributed by atoms with Crippen molar-refractivity contribution in [1.82, 2.24) is 0 Å². The number of fused-ring (bicyclic) bond motifs is 1. The Morgan fingerprint density at radius 2 is 1.79 bits per heavy atom. The molecule has 4 rings (SSSR count). The quantitative estimate of drug-likeness (QED) is 0.559. The molecule has 0 radical (unpaired) electrons. The molecule has 0 aliphatic carbocycles. The van der Waals surface area contributed by atoms with Crippen LogP contribution < -0.4 is 18.9 Å². The van der Waals surface area contributed by atoms with E-state index in [-0.39, 0.29) is 25.2 Å². The SMILES string of the molecule is COc1ccc(C(=O)[C@@H]2COC(=O)[C@H]2Cc2ccc3c(c2)OCO3)cc1OC. The van der Waals surface area contributed by atoms with Crippen LogP contribution in [0.5, 0.6) is 23.0 Å². The molecule has 7 nitrogen and oxygen atoms in total. The first-order valence-electron chi connectivity index (χ1n) is 8.92. The van der Waals surface area contributed by atoms with Gasteiger partial charge in [-0.05, 0) is 42.3 Å². The molecule has 2 heterocycles. The van der Waals surface area contributed by atoms with Gasteiger partial charge in [0.2, 0.25) is 6.79 Å². The number of Topliss-reactive ketones (excluding diaryl/α,β-unsaturated/α-hetero) is 1. The normalized spacial score (nSPS) is 20.0. The van der Waals surface area contributed by atoms with E-state index >= 15 is 0 Å². The van der Waals surface area contributed by atoms with Crippen LogP contribution in [-0.4, -0.2) is 39.4 Å². The molecular weight excluding hydrogens is 364 g/mol. The minimum Gasteiger partial charge on any atom is -0.493 e. The number of methoxy groups -OCH3 is 2. The van der Waals surface area contributed by atoms with E-state index < -0.39 is 11.8 Å². The molecule has 2 aliphatic rings. The smallest absolute Gasteiger partial charge is 0.310 e. The van der Waals surface area contributed by atoms with E-state index in [1.807, 2.05) is 18.2 Å². The zero-order valence-electron chi connectivity index (χ0n) is 15.6. The Balaban J connectivity index is 1.56. The summed E-state index contributed by atoms with van der Waals surface area (Å²) in [5.74, 6) is 0.689. The summed E-state index contributed by atoms with van der Waals surface area (Å²) in [7, 11) is 3.04. The third-order valence-corrected chi connectivity index (χ3v) is 5.09. The van der Waals surface area contributed by atoms with E-state index in [1.165, 1.54) is 14.2 Å². The molecule has 0 aromatic heterocycles. The van der Waals surface area contributed by atoms with Gasteiger partial charge >= 0.3 is 5.97 Å². The first-order chi connectivity index (χ1) is 13.6. The first-order valence-corrected chi connectivity index (χ1v) is 8.92. The highest BCUT2D eigenvalue weighted by molar-refractivity contribution is 6.01. The lowest BCUT2D eigenvalue weighted by Crippen LogP contribution is -2.26. The van der Waals surface area contributed by atoms with Gasteiger partial charge in [-0.3, -0.25) is 9.59 Å². The van der Waals surface area contributed by atoms with Crippen LogP contribution in [0.2, 0.25) is 0 Å². The molecule has 2 atom stereocenters. The van der Waals surface area contributed by atoms with Crippen molar-refractivity contribution in [1.29, 1.82) is 0 Å². The fourth-order valence-electron chi connectivity index (χ4n) is 3.57. The Hall–Kier alpha value is -3.22. The number of benzene rings is 2. The second-order valence-corrected chi connectivity index (χ2v) is 6.67. The highest BCUT2D eigenvalue weighted by atomic mass is 16.7. The Bertz CT molecular complexity index is 921. The highest BCUT2D eigenvalue weighted by Gasteiger charge is 2.42. The van der Waals surface area contributed by atoms with Gasteiger partial charge < -0.3 is 23.7 Å². The van der Waals surface area contributed by atoms with Crippen LogP contribution in [0, 0.1) is 11.8 Å². The monoisotopic (exact) mass is 384 g/mol. The van der Waals surface area contributed by atoms with Gasteiger partial charge in [0.1, 0.15) is 6.61 Å². The number of ether oxygens (including phenoxy) is 5. The lowest BCUT2D eigenvalue weighted by Gasteiger charge is -2.16. The lowest BCUT2D eigenvalue weighted by atomic mass is 9.84. The molecule has 0 saturated carbocycles. The summed E-state index contributed by atoms with van der Waals surface area (Å²) < 4.78 is 26.4. The molecule has 1 saturated heterocycles. The van der Waals surface area contributed by atoms with Gasteiger partial charge in [0.15, 0.2) is 28.8 Å². The summed E-state index contributed by atoms with van der Waals surface area (Å²) in [6.07, 6.45) is 0.388. The van der Waals surface area contributed by atoms with Crippen LogP contribution in [0.25, 0.3) is 0 Å². The Labute approximate surface area is 162 Å². The molecule has 0 amide bonds. The zero-order valence-corrected chi connectivity index (χ0v) is 15.6. The molecule has 146 valence electrons. The van der Waals surface area contributed by atoms with E-state index in [9.17, 15) is 9.59 Å². The van der Waals surface area contributed by atoms with Crippen molar-refractivity contribution in [2.24, 2.45) is 11.8 Å². The van der Waals surface area contributed by atoms with Crippen LogP contribution in [0.15, 0.2) is 36.4 Å². The molecule has 2 aliphatic heterocycles. The summed E-state index contributed by atoms with van der Waals surface area (Å²) >= 11 is 0. The topological polar surface area (TPSA) is 80.3 Å². The third-order valence-electron chi connectivity index (χ3n) is 5.09. The second-order valence-electron chi connectivity index (χ2n) is 6.67. The number of ketones is 1. The highest BCUT2D eigenvalue weighted by Crippen LogP contribution is 2.36. The average molecular weight is 384 g/mol. The maximum atomic E-state index is 13.1. The van der Waals surface area contributed by atoms with E-state index in [0.717, 1.165) is 5.56 Å². The molecule has 7 heteroatoms. The molecule has 28 heavy (non-hydrogen) atoms. The molecule has 1 fully saturated rings. The standard InChI is InChI=1S/C21H20O7/c1-24-16-6-4-13(9-18(16)25-2)20(22)15-10-26-21(23)14(15)7-12-3-5-17-19(8-12)28-11-27-17/h3-6,8-9,14-15H,7,10-11H2,1-2H3/t14-,15+/m0/s1. The molecule has 0 unspecified atom stereocenters. The number of carbonyl (C=O) groups excluding carboxylic acids is 2. The van der Waals surface area contributed by atoms with Crippen molar-refractivity contribution in [3.05, 3.63) is 47.5 Å². The summed E-state index contributed by atoms with van der Waals surface area (Å²) in [4.78, 5) is 25.4. The van der Waals surface area contributed by atoms with Gasteiger partial charge in [0.05, 0.1) is 26.1 Å². The van der Waals surface area contributed by atoms with E-state index in [0.29, 0.717) is 35.0 Å². The van der Waals surface area contributed by atoms with Gasteiger partial charge in [-0.1, -0.05) is 6.07 Å². The summed E-state index contributed by atoms with van der Waals surface area (Å²) in [6.45, 7) is 0.256. The van der Waals surface area contributed by atoms with E-state index in [1.54, 1.807) is 18.2 Å². The van der Waals surface area contributed by atoms with Gasteiger partial charge in [-0.25, -0.2) is 0 Å². The predicted octanol–water partition coefficient (Wildman–Crippen LogP) is 2.65. The number of hydrogen-bond donors (Lipinski definition) is 0. The van der Waals surface area contributed by atoms with Crippen molar-refractivity contribution in [3.63, 3.8) is 0 Å². The number of esters is 1. The van der Waals surface area contributed by atoms with Gasteiger partial charge in [-0.2, -0.15) is 0 Å². The predicted molar refractivity (Wildman–Crippen MR) is 98.1 cm³/mol. The Kier molecular flexibility index (Phi) is 4.81. The zero-order chi connectivity index (χ0) is 19.7. The molecule has 0 spiro atoms. The van der Waals surface area contributed by atoms with Crippen molar-refractivity contribution < 1.29 is 33.3 Å². The number of cyclic esters (lactones) is 1. The average Bonchev–Trinajstić information content (AvgIpc) is 3.33. The summed E-state index contributed by atoms with van der Waals surface area (Å²) in [6, 6.07) is 10.5. The largest absolute Gasteiger partial charge is 0.493 e. The minimum absolute atomic E-state index is 0.0707. The molecule has 2 aromatic carbocycles. The first kappa shape index (κ1) is 18.2. The number of hydrogen-bond acceptors (Lipinski definition) is 7. The third kappa shape index (κ3) is 3.24. The van der Waals surface area contributed by atoms with Crippen LogP contribution in [0.3, 0.4) is 0 Å². The van der Waals surface area contributed by atoms with Crippen molar-refractivity contribution in [2.75, 3.05) is 27.6 Å². The number of carbonyl (C=O) groups is 2. The molecular formula is C21H20O7. The molecule has 2 aromatic rings. The van der Waals surface area contributed by atoms with Crippen LogP contribution in [-0.2, 0) is 16.0 Å². The Morgan fingerprint density at radius 1 is 1.00 bits per heavy atom. The maximum Gasteiger partial charge on any atom is 0.310 e. The van der Waals surface area contributed by atoms with Crippen molar-refractivity contribution in [2.45, 2.75) is 6.42 Å². The maximum absolute atomic E-state index is 13.1. The van der Waals surface area contributed by atoms with Gasteiger partial charge in [-0.15, -0.1) is 0 Å². The summed E-state index contributed by atoms with van der Waals surface area (Å²) in [5.41, 5.74) is 1.34. The molecule has 0 N–H and O–H groups in total. The minimum atomic E-state index is -0.559. The van der Waals surface area contributed by atoms with Gasteiger partial charge in [0, 0.05) is 5.56 Å². The fourth-order valence-corrected chi connectivity index (χ4v) is 3.57. The Morgan fingerprint density at radius 3 is 2.57 bits per heavy atom. The van der Waals surface area contributed by atoms with E-state index in [4.69, 9.17) is 23.7 Å². The van der Waals surface area contributed by atoms with Gasteiger partial charge in [0.25, 0.3) is 0 Å². The second kappa shape index (κ2) is 7.42.